The molecule has 18 heavy (non-hydrogen) atoms. The Bertz CT molecular complexity index is 413. The van der Waals surface area contributed by atoms with Crippen LogP contribution in [0.2, 0.25) is 0 Å². The monoisotopic (exact) mass is 250 g/mol. The Morgan fingerprint density at radius 1 is 1.33 bits per heavy atom. The molecule has 2 nitrogen and oxygen atoms in total. The van der Waals surface area contributed by atoms with Crippen molar-refractivity contribution in [2.45, 2.75) is 39.7 Å². The first kappa shape index (κ1) is 13.3. The third-order valence-electron chi connectivity index (χ3n) is 4.54. The van der Waals surface area contributed by atoms with Gasteiger partial charge < -0.3 is 10.6 Å². The van der Waals surface area contributed by atoms with Crippen LogP contribution in [0.1, 0.15) is 38.7 Å². The van der Waals surface area contributed by atoms with E-state index in [4.69, 9.17) is 5.73 Å². The van der Waals surface area contributed by atoms with Crippen molar-refractivity contribution in [3.05, 3.63) is 29.6 Å². The topological polar surface area (TPSA) is 29.3 Å². The molecule has 2 N–H and O–H groups in total. The number of hydrogen-bond donors (Lipinski definition) is 1. The Kier molecular flexibility index (Phi) is 3.91. The lowest BCUT2D eigenvalue weighted by Crippen LogP contribution is -2.27. The van der Waals surface area contributed by atoms with Crippen LogP contribution in [-0.4, -0.2) is 13.1 Å². The van der Waals surface area contributed by atoms with Crippen LogP contribution >= 0.6 is 0 Å². The van der Waals surface area contributed by atoms with Crippen LogP contribution in [0.4, 0.5) is 10.1 Å². The average molecular weight is 250 g/mol. The van der Waals surface area contributed by atoms with E-state index < -0.39 is 0 Å². The molecule has 0 saturated carbocycles. The second-order valence-corrected chi connectivity index (χ2v) is 5.36. The van der Waals surface area contributed by atoms with Gasteiger partial charge in [0.15, 0.2) is 0 Å². The average Bonchev–Trinajstić information content (AvgIpc) is 2.83. The Morgan fingerprint density at radius 2 is 2.06 bits per heavy atom. The summed E-state index contributed by atoms with van der Waals surface area (Å²) >= 11 is 0. The van der Waals surface area contributed by atoms with Gasteiger partial charge in [0.1, 0.15) is 5.82 Å². The zero-order valence-corrected chi connectivity index (χ0v) is 11.4. The summed E-state index contributed by atoms with van der Waals surface area (Å²) in [5, 5.41) is 0. The van der Waals surface area contributed by atoms with E-state index in [-0.39, 0.29) is 5.82 Å². The summed E-state index contributed by atoms with van der Waals surface area (Å²) in [5.41, 5.74) is 8.19. The normalized spacial score (nSPS) is 18.3. The molecule has 1 heterocycles. The summed E-state index contributed by atoms with van der Waals surface area (Å²) in [6, 6.07) is 4.97. The van der Waals surface area contributed by atoms with Gasteiger partial charge in [-0.15, -0.1) is 0 Å². The molecule has 1 aromatic carbocycles. The van der Waals surface area contributed by atoms with Crippen LogP contribution in [0.25, 0.3) is 0 Å². The second-order valence-electron chi connectivity index (χ2n) is 5.36. The van der Waals surface area contributed by atoms with E-state index in [1.54, 1.807) is 6.07 Å². The molecule has 0 bridgehead atoms. The van der Waals surface area contributed by atoms with Gasteiger partial charge in [-0.2, -0.15) is 0 Å². The van der Waals surface area contributed by atoms with Crippen LogP contribution < -0.4 is 10.6 Å². The van der Waals surface area contributed by atoms with Gasteiger partial charge in [0, 0.05) is 25.3 Å². The van der Waals surface area contributed by atoms with Crippen molar-refractivity contribution >= 4 is 5.69 Å². The summed E-state index contributed by atoms with van der Waals surface area (Å²) < 4.78 is 13.2. The van der Waals surface area contributed by atoms with Gasteiger partial charge in [-0.05, 0) is 48.4 Å². The van der Waals surface area contributed by atoms with Crippen molar-refractivity contribution in [1.82, 2.24) is 0 Å². The lowest BCUT2D eigenvalue weighted by molar-refractivity contribution is 0.301. The minimum Gasteiger partial charge on any atom is -0.371 e. The van der Waals surface area contributed by atoms with Crippen LogP contribution in [0.3, 0.4) is 0 Å². The van der Waals surface area contributed by atoms with Crippen molar-refractivity contribution in [2.24, 2.45) is 11.1 Å². The number of nitrogens with zero attached hydrogens (tertiary/aromatic N) is 1. The van der Waals surface area contributed by atoms with E-state index in [9.17, 15) is 4.39 Å². The zero-order chi connectivity index (χ0) is 13.2. The Hall–Kier alpha value is -1.09. The van der Waals surface area contributed by atoms with Crippen molar-refractivity contribution in [2.75, 3.05) is 18.0 Å². The molecule has 0 amide bonds. The maximum atomic E-state index is 13.2. The number of hydrogen-bond acceptors (Lipinski definition) is 2. The smallest absolute Gasteiger partial charge is 0.123 e. The summed E-state index contributed by atoms with van der Waals surface area (Å²) in [6.45, 7) is 7.05. The third-order valence-corrected chi connectivity index (χ3v) is 4.54. The predicted molar refractivity (Wildman–Crippen MR) is 74.1 cm³/mol. The van der Waals surface area contributed by atoms with E-state index in [0.29, 0.717) is 12.0 Å². The lowest BCUT2D eigenvalue weighted by atomic mass is 9.82. The quantitative estimate of drug-likeness (QED) is 0.888. The second kappa shape index (κ2) is 5.27. The summed E-state index contributed by atoms with van der Waals surface area (Å²) in [6.07, 6.45) is 3.64. The first-order chi connectivity index (χ1) is 8.64. The van der Waals surface area contributed by atoms with Gasteiger partial charge in [-0.3, -0.25) is 0 Å². The molecule has 0 atom stereocenters. The molecule has 0 radical (unpaired) electrons. The molecule has 1 aliphatic rings. The highest BCUT2D eigenvalue weighted by molar-refractivity contribution is 5.55. The van der Waals surface area contributed by atoms with E-state index in [1.165, 1.54) is 25.3 Å². The predicted octanol–water partition coefficient (Wildman–Crippen LogP) is 3.30. The molecule has 1 saturated heterocycles. The molecule has 0 aliphatic carbocycles. The third kappa shape index (κ3) is 2.37. The van der Waals surface area contributed by atoms with Crippen LogP contribution in [0, 0.1) is 11.2 Å². The van der Waals surface area contributed by atoms with Gasteiger partial charge in [-0.25, -0.2) is 4.39 Å². The first-order valence-corrected chi connectivity index (χ1v) is 6.87. The number of benzene rings is 1. The molecule has 0 aromatic heterocycles. The number of halogens is 1. The van der Waals surface area contributed by atoms with Gasteiger partial charge in [0.2, 0.25) is 0 Å². The molecule has 0 unspecified atom stereocenters. The molecular formula is C15H23FN2. The number of nitrogens with two attached hydrogens (primary N) is 1. The molecule has 100 valence electrons. The minimum absolute atomic E-state index is 0.198. The highest BCUT2D eigenvalue weighted by atomic mass is 19.1. The Labute approximate surface area is 109 Å². The maximum absolute atomic E-state index is 13.2. The van der Waals surface area contributed by atoms with Crippen molar-refractivity contribution in [3.63, 3.8) is 0 Å². The molecule has 1 fully saturated rings. The number of rotatable bonds is 4. The molecular weight excluding hydrogens is 227 g/mol. The van der Waals surface area contributed by atoms with E-state index in [2.05, 4.69) is 18.7 Å². The van der Waals surface area contributed by atoms with Gasteiger partial charge in [0.05, 0.1) is 0 Å². The molecule has 3 heteroatoms. The molecule has 2 rings (SSSR count). The van der Waals surface area contributed by atoms with Gasteiger partial charge in [0.25, 0.3) is 0 Å². The summed E-state index contributed by atoms with van der Waals surface area (Å²) in [7, 11) is 0. The fourth-order valence-corrected chi connectivity index (χ4v) is 2.99. The Balaban J connectivity index is 2.24. The SMILES string of the molecule is CCC1(CC)CCN(c2ccc(F)cc2CN)C1. The van der Waals surface area contributed by atoms with Crippen molar-refractivity contribution in [3.8, 4) is 0 Å². The fourth-order valence-electron chi connectivity index (χ4n) is 2.99. The zero-order valence-electron chi connectivity index (χ0n) is 11.4. The summed E-state index contributed by atoms with van der Waals surface area (Å²) in [5.74, 6) is -0.198. The Morgan fingerprint density at radius 3 is 2.61 bits per heavy atom. The standard InChI is InChI=1S/C15H23FN2/c1-3-15(4-2)7-8-18(11-15)14-6-5-13(16)9-12(14)10-17/h5-6,9H,3-4,7-8,10-11,17H2,1-2H3. The summed E-state index contributed by atoms with van der Waals surface area (Å²) in [4.78, 5) is 2.37. The van der Waals surface area contributed by atoms with Crippen LogP contribution in [-0.2, 0) is 6.54 Å². The number of anilines is 1. The van der Waals surface area contributed by atoms with Gasteiger partial charge in [-0.1, -0.05) is 13.8 Å². The maximum Gasteiger partial charge on any atom is 0.123 e. The van der Waals surface area contributed by atoms with Crippen molar-refractivity contribution in [1.29, 1.82) is 0 Å². The first-order valence-electron chi connectivity index (χ1n) is 6.87. The molecule has 1 aliphatic heterocycles. The fraction of sp³-hybridized carbons (Fsp3) is 0.600. The highest BCUT2D eigenvalue weighted by Crippen LogP contribution is 2.39. The van der Waals surface area contributed by atoms with E-state index in [1.807, 2.05) is 6.07 Å². The largest absolute Gasteiger partial charge is 0.371 e. The van der Waals surface area contributed by atoms with Crippen molar-refractivity contribution < 1.29 is 4.39 Å². The van der Waals surface area contributed by atoms with Gasteiger partial charge >= 0.3 is 0 Å². The minimum atomic E-state index is -0.198. The van der Waals surface area contributed by atoms with Crippen LogP contribution in [0.15, 0.2) is 18.2 Å². The van der Waals surface area contributed by atoms with Crippen LogP contribution in [0.5, 0.6) is 0 Å². The molecule has 0 spiro atoms. The lowest BCUT2D eigenvalue weighted by Gasteiger charge is -2.28. The molecule has 1 aromatic rings. The van der Waals surface area contributed by atoms with E-state index >= 15 is 0 Å². The highest BCUT2D eigenvalue weighted by Gasteiger charge is 2.35. The van der Waals surface area contributed by atoms with E-state index in [0.717, 1.165) is 24.3 Å².